The molecule has 2 fully saturated rings. The molecular weight excluding hydrogens is 2030 g/mol. The van der Waals surface area contributed by atoms with Crippen LogP contribution in [0.15, 0.2) is 91.6 Å². The maximum absolute atomic E-state index is 14.0. The highest BCUT2D eigenvalue weighted by atomic mass is 35.5. The minimum absolute atomic E-state index is 0. The Kier molecular flexibility index (Phi) is 64.6. The molecule has 0 bridgehead atoms. The summed E-state index contributed by atoms with van der Waals surface area (Å²) in [5.41, 5.74) is 12.2. The number of benzene rings is 2. The second-order valence-electron chi connectivity index (χ2n) is 32.4. The van der Waals surface area contributed by atoms with Crippen LogP contribution in [0.3, 0.4) is 0 Å². The van der Waals surface area contributed by atoms with Crippen LogP contribution in [0.25, 0.3) is 10.9 Å². The van der Waals surface area contributed by atoms with E-state index < -0.39 is 306 Å². The number of nitrogens with one attached hydrogen (secondary N) is 22. The number of carbonyl (C=O) groups is 24. The molecule has 3 heterocycles. The van der Waals surface area contributed by atoms with Crippen molar-refractivity contribution >= 4 is 231 Å². The summed E-state index contributed by atoms with van der Waals surface area (Å²) >= 11 is 9.80. The largest absolute Gasteiger partial charge is 0.391 e. The Bertz CT molecular complexity index is 5100. The van der Waals surface area contributed by atoms with Crippen molar-refractivity contribution < 1.29 is 125 Å². The normalized spacial score (nSPS) is 14.7. The number of aromatic amines is 1. The van der Waals surface area contributed by atoms with E-state index in [-0.39, 0.29) is 110 Å². The van der Waals surface area contributed by atoms with Gasteiger partial charge in [-0.2, -0.15) is 66.6 Å². The van der Waals surface area contributed by atoms with Gasteiger partial charge in [0.1, 0.15) is 54.0 Å². The third kappa shape index (κ3) is 48.9. The monoisotopic (exact) mass is 2170 g/mol. The Morgan fingerprint density at radius 2 is 0.966 bits per heavy atom. The van der Waals surface area contributed by atoms with Crippen LogP contribution < -0.4 is 123 Å². The molecule has 58 heteroatoms. The van der Waals surface area contributed by atoms with Gasteiger partial charge in [0.05, 0.1) is 109 Å². The zero-order valence-electron chi connectivity index (χ0n) is 82.2. The first-order valence-electron chi connectivity index (χ1n) is 44.8. The lowest BCUT2D eigenvalue weighted by molar-refractivity contribution is -0.139. The molecule has 2 saturated heterocycles. The average Bonchev–Trinajstić information content (AvgIpc) is 1.67. The van der Waals surface area contributed by atoms with Gasteiger partial charge in [-0.1, -0.05) is 103 Å². The van der Waals surface area contributed by atoms with E-state index in [2.05, 4.69) is 142 Å². The van der Waals surface area contributed by atoms with E-state index >= 15 is 0 Å². The molecule has 0 saturated carbocycles. The summed E-state index contributed by atoms with van der Waals surface area (Å²) in [6, 6.07) is 1.25. The van der Waals surface area contributed by atoms with E-state index in [4.69, 9.17) is 23.1 Å². The molecule has 0 aliphatic carbocycles. The van der Waals surface area contributed by atoms with Gasteiger partial charge in [0.15, 0.2) is 0 Å². The van der Waals surface area contributed by atoms with E-state index in [0.717, 1.165) is 22.9 Å². The molecule has 5 rings (SSSR count). The molecule has 11 atom stereocenters. The number of rotatable bonds is 54. The molecular formula is C88H137ClN26O26S5. The van der Waals surface area contributed by atoms with Crippen molar-refractivity contribution in [1.82, 2.24) is 126 Å². The van der Waals surface area contributed by atoms with Crippen LogP contribution >= 0.6 is 78.2 Å². The smallest absolute Gasteiger partial charge is 0.267 e. The van der Waals surface area contributed by atoms with Gasteiger partial charge >= 0.3 is 0 Å². The lowest BCUT2D eigenvalue weighted by Gasteiger charge is -2.25. The summed E-state index contributed by atoms with van der Waals surface area (Å²) in [6.45, 7) is 12.5. The van der Waals surface area contributed by atoms with Crippen molar-refractivity contribution in [2.45, 2.75) is 174 Å². The molecule has 2 aliphatic heterocycles. The van der Waals surface area contributed by atoms with Crippen LogP contribution in [0.2, 0.25) is 5.02 Å². The molecule has 0 spiro atoms. The van der Waals surface area contributed by atoms with Crippen LogP contribution in [-0.4, -0.2) is 331 Å². The van der Waals surface area contributed by atoms with E-state index in [1.54, 1.807) is 88.7 Å². The van der Waals surface area contributed by atoms with Crippen molar-refractivity contribution in [1.29, 1.82) is 0 Å². The molecule has 52 nitrogen and oxygen atoms in total. The van der Waals surface area contributed by atoms with Crippen molar-refractivity contribution in [2.75, 3.05) is 97.9 Å². The number of aliphatic hydroxyl groups excluding tert-OH is 2. The Morgan fingerprint density at radius 1 is 0.507 bits per heavy atom. The number of hydrogen-bond donors (Lipinski definition) is 27. The van der Waals surface area contributed by atoms with Gasteiger partial charge in [0, 0.05) is 54.5 Å². The maximum Gasteiger partial charge on any atom is 0.267 e. The third-order valence-corrected chi connectivity index (χ3v) is 20.8. The summed E-state index contributed by atoms with van der Waals surface area (Å²) in [6.07, 6.45) is 1.91. The first-order valence-corrected chi connectivity index (χ1v) is 46.1. The number of aliphatic hydroxyl groups is 2. The number of nitrogens with zero attached hydrogens (tertiary/aromatic N) is 2. The maximum atomic E-state index is 14.0. The fourth-order valence-electron chi connectivity index (χ4n) is 13.2. The quantitative estimate of drug-likeness (QED) is 0.0184. The van der Waals surface area contributed by atoms with Gasteiger partial charge in [-0.15, -0.1) is 0 Å². The number of amides is 24. The zero-order chi connectivity index (χ0) is 107. The van der Waals surface area contributed by atoms with Crippen molar-refractivity contribution in [3.63, 3.8) is 0 Å². The van der Waals surface area contributed by atoms with Gasteiger partial charge in [-0.3, -0.25) is 115 Å². The number of fused-ring (bicyclic) bond motifs is 1. The van der Waals surface area contributed by atoms with Crippen molar-refractivity contribution in [3.8, 4) is 0 Å². The zero-order valence-corrected chi connectivity index (χ0v) is 87.8. The molecule has 0 radical (unpaired) electrons. The Labute approximate surface area is 880 Å². The molecule has 11 unspecified atom stereocenters. The molecule has 812 valence electrons. The molecule has 28 N–H and O–H groups in total. The highest BCUT2D eigenvalue weighted by molar-refractivity contribution is 7.79. The van der Waals surface area contributed by atoms with Crippen LogP contribution in [0.5, 0.6) is 0 Å². The number of hydrogen-bond acceptors (Lipinski definition) is 28. The summed E-state index contributed by atoms with van der Waals surface area (Å²) in [7, 11) is 0. The topological polar surface area (TPSA) is 777 Å². The first kappa shape index (κ1) is 134. The number of β-amino-alcohol motifs (C(OH)–C–C–N with tert-alkyl or cyclic N) is 1. The molecule has 146 heavy (non-hydrogen) atoms. The number of allylic oxidation sites excluding steroid dienone is 1. The fraction of sp³-hybridized carbons (Fsp3) is 0.500. The van der Waals surface area contributed by atoms with E-state index in [1.165, 1.54) is 19.9 Å². The van der Waals surface area contributed by atoms with Gasteiger partial charge < -0.3 is 148 Å². The first-order chi connectivity index (χ1) is 67.2. The standard InChI is InChI=1S/C85H119ClN26O26.C2H6.CH4S.4H2S/c1-10-52(107-84(137)73(88)43(5)6)77(130)98-38-69(124)105-56(24-48-28-90-53-20-19-49(86)25-51(48)53)81(134)104-45(8)76(129)108-54(22-42(3)4)78(131)97-32-66(121)95-39-71(126)111-21-15-18-58(111)82(135)100-33-65(120)94-36-70(125)110-74(46(9)113)85(138)102-40-72(127)112-41-50(114)26-59(112)83(136)101-34-64(119)92-29-62(117)91-30-63(118)93-35-68(123)106-57(27-60(87)115)80(133)99-37-67(122)103-44(7)75(128)109-55(23-47-16-13-12-14-17-47)79(132)96-31-61(116)89-11-2;2*1-2;;;;/h10-14,16-17,19-20,25,28,42-44,46,50,54-59,73-74,90,113-114H,2,8,15,18,21-24,26-27,29-41,88H2,1,3-7,9H3,(H2,87,115)(H,89,116)(H,91,117)(H,92,119)(H,93,118)(H,94,120)(H,95,121)(H,96,132)(H,97,131)(H,98,130)(H,99,133)(H,100,135)(H,101,136)(H,102,138)(H,103,122)(H,104,134)(H,105,124)(H,106,123)(H,107,137)(H,108,129)(H,109,128)(H,110,125);1-2H3;2H,1H3;4*1H2/b52-10+;;;;;;. The number of nitrogens with two attached hydrogens (primary N) is 2. The number of thiol groups is 1. The summed E-state index contributed by atoms with van der Waals surface area (Å²) < 4.78 is 0. The SMILES string of the molecule is C=CNC(=O)CNC(=O)C(Cc1ccccc1)NC(=O)C(C)NC(=O)CNC(=O)C(CC(N)=O)NC(=O)CNC(=O)CNC(=O)CNC(=O)CNC(=O)C1CC(O)CN1C(=O)CNC(=O)C(NC(=O)CNC(=O)CNC(=O)C1CCCN1C(=O)CNC(=O)CNC(=O)C(CC(C)C)NC(=O)C(=C)NC(=O)C(Cc1c[nH]c2ccc(Cl)cc12)NC(=O)CNC(=O)/C(=C\C)NC(=O)C(N)C(C)C)C(C)O.CC.CS.S.S.S.S. The number of H-pyrrole nitrogens is 1. The summed E-state index contributed by atoms with van der Waals surface area (Å²) in [5.74, 6) is -22.3. The van der Waals surface area contributed by atoms with Crippen LogP contribution in [0.4, 0.5) is 0 Å². The fourth-order valence-corrected chi connectivity index (χ4v) is 13.4. The van der Waals surface area contributed by atoms with Crippen molar-refractivity contribution in [2.24, 2.45) is 23.3 Å². The van der Waals surface area contributed by atoms with E-state index in [0.29, 0.717) is 33.5 Å². The second kappa shape index (κ2) is 70.2. The molecule has 24 amide bonds. The number of carbonyl (C=O) groups excluding carboxylic acids is 24. The number of likely N-dealkylation sites (tertiary alicyclic amines) is 2. The van der Waals surface area contributed by atoms with Gasteiger partial charge in [0.2, 0.25) is 130 Å². The average molecular weight is 2170 g/mol. The predicted molar refractivity (Wildman–Crippen MR) is 554 cm³/mol. The predicted octanol–water partition coefficient (Wildman–Crippen LogP) is -9.90. The summed E-state index contributed by atoms with van der Waals surface area (Å²) in [4.78, 5) is 317. The Hall–Kier alpha value is -13.6. The number of primary amides is 1. The summed E-state index contributed by atoms with van der Waals surface area (Å²) in [5, 5.41) is 70.3. The molecule has 1 aromatic heterocycles. The highest BCUT2D eigenvalue weighted by Gasteiger charge is 2.41. The molecule has 3 aromatic rings. The minimum Gasteiger partial charge on any atom is -0.391 e. The lowest BCUT2D eigenvalue weighted by atomic mass is 10.0. The van der Waals surface area contributed by atoms with Crippen molar-refractivity contribution in [3.05, 3.63) is 108 Å². The highest BCUT2D eigenvalue weighted by Crippen LogP contribution is 2.25. The number of halogens is 1. The van der Waals surface area contributed by atoms with Crippen LogP contribution in [-0.2, 0) is 128 Å². The molecule has 2 aromatic carbocycles. The van der Waals surface area contributed by atoms with E-state index in [9.17, 15) is 125 Å². The number of aromatic nitrogens is 1. The Balaban J connectivity index is 0. The van der Waals surface area contributed by atoms with Gasteiger partial charge in [-0.25, -0.2) is 0 Å². The van der Waals surface area contributed by atoms with Crippen LogP contribution in [0, 0.1) is 11.8 Å². The lowest BCUT2D eigenvalue weighted by Crippen LogP contribution is -2.56. The van der Waals surface area contributed by atoms with Gasteiger partial charge in [0.25, 0.3) is 11.8 Å². The van der Waals surface area contributed by atoms with Crippen LogP contribution in [0.1, 0.15) is 106 Å². The van der Waals surface area contributed by atoms with E-state index in [1.807, 2.05) is 13.8 Å². The Morgan fingerprint density at radius 3 is 1.50 bits per heavy atom. The second-order valence-corrected chi connectivity index (χ2v) is 32.8. The molecule has 2 aliphatic rings. The third-order valence-electron chi connectivity index (χ3n) is 20.5. The van der Waals surface area contributed by atoms with Gasteiger partial charge in [-0.05, 0) is 93.7 Å². The minimum atomic E-state index is -1.76.